The number of hydrogen-bond donors (Lipinski definition) is 2. The van der Waals surface area contributed by atoms with E-state index in [9.17, 15) is 0 Å². The van der Waals surface area contributed by atoms with E-state index in [2.05, 4.69) is 11.4 Å². The van der Waals surface area contributed by atoms with Crippen LogP contribution in [0.2, 0.25) is 0 Å². The number of aromatic hydroxyl groups is 1. The lowest BCUT2D eigenvalue weighted by Gasteiger charge is -2.10. The van der Waals surface area contributed by atoms with Gasteiger partial charge in [-0.25, -0.2) is 0 Å². The summed E-state index contributed by atoms with van der Waals surface area (Å²) in [4.78, 5) is 1.33. The monoisotopic (exact) mass is 233 g/mol. The molecule has 16 heavy (non-hydrogen) atoms. The van der Waals surface area contributed by atoms with Gasteiger partial charge in [-0.2, -0.15) is 0 Å². The Morgan fingerprint density at radius 3 is 2.50 bits per heavy atom. The maximum Gasteiger partial charge on any atom is 0.115 e. The van der Waals surface area contributed by atoms with Crippen LogP contribution in [0.1, 0.15) is 10.4 Å². The summed E-state index contributed by atoms with van der Waals surface area (Å²) >= 11 is 1.74. The molecule has 1 heterocycles. The van der Waals surface area contributed by atoms with E-state index in [0.29, 0.717) is 5.75 Å². The van der Waals surface area contributed by atoms with Crippen molar-refractivity contribution in [3.05, 3.63) is 52.2 Å². The minimum Gasteiger partial charge on any atom is -0.508 e. The minimum absolute atomic E-state index is 0.142. The Balaban J connectivity index is 1.92. The summed E-state index contributed by atoms with van der Waals surface area (Å²) in [7, 11) is 0. The summed E-state index contributed by atoms with van der Waals surface area (Å²) in [5, 5.41) is 11.2. The zero-order valence-corrected chi connectivity index (χ0v) is 9.78. The molecule has 0 saturated carbocycles. The Labute approximate surface area is 99.4 Å². The molecule has 0 radical (unpaired) electrons. The van der Waals surface area contributed by atoms with Gasteiger partial charge >= 0.3 is 0 Å². The van der Waals surface area contributed by atoms with Crippen molar-refractivity contribution in [3.8, 4) is 5.75 Å². The van der Waals surface area contributed by atoms with Crippen LogP contribution in [0.3, 0.4) is 0 Å². The normalized spacial score (nSPS) is 12.6. The standard InChI is InChI=1S/C13H15NOS/c14-11(9-13-2-1-7-16-13)8-10-3-5-12(15)6-4-10/h1-7,11,15H,8-9,14H2. The number of phenols is 1. The topological polar surface area (TPSA) is 46.2 Å². The Hall–Kier alpha value is -1.32. The second-order valence-corrected chi connectivity index (χ2v) is 4.95. The summed E-state index contributed by atoms with van der Waals surface area (Å²) in [6.45, 7) is 0. The van der Waals surface area contributed by atoms with E-state index in [1.165, 1.54) is 10.4 Å². The molecule has 1 atom stereocenters. The maximum atomic E-state index is 9.17. The Morgan fingerprint density at radius 1 is 1.12 bits per heavy atom. The molecule has 1 aromatic heterocycles. The van der Waals surface area contributed by atoms with Crippen molar-refractivity contribution in [2.45, 2.75) is 18.9 Å². The molecule has 0 aliphatic rings. The van der Waals surface area contributed by atoms with E-state index in [4.69, 9.17) is 10.8 Å². The van der Waals surface area contributed by atoms with E-state index in [1.54, 1.807) is 23.5 Å². The summed E-state index contributed by atoms with van der Waals surface area (Å²) in [6.07, 6.45) is 1.76. The number of thiophene rings is 1. The summed E-state index contributed by atoms with van der Waals surface area (Å²) < 4.78 is 0. The van der Waals surface area contributed by atoms with Gasteiger partial charge in [-0.05, 0) is 42.0 Å². The average molecular weight is 233 g/mol. The van der Waals surface area contributed by atoms with Gasteiger partial charge in [0.2, 0.25) is 0 Å². The molecule has 1 unspecified atom stereocenters. The first-order chi connectivity index (χ1) is 7.74. The van der Waals surface area contributed by atoms with E-state index >= 15 is 0 Å². The first-order valence-electron chi connectivity index (χ1n) is 5.30. The van der Waals surface area contributed by atoms with E-state index in [-0.39, 0.29) is 6.04 Å². The van der Waals surface area contributed by atoms with E-state index in [0.717, 1.165) is 12.8 Å². The molecule has 0 aliphatic carbocycles. The molecule has 3 N–H and O–H groups in total. The zero-order valence-electron chi connectivity index (χ0n) is 8.97. The van der Waals surface area contributed by atoms with E-state index in [1.807, 2.05) is 18.2 Å². The van der Waals surface area contributed by atoms with Crippen molar-refractivity contribution < 1.29 is 5.11 Å². The lowest BCUT2D eigenvalue weighted by atomic mass is 10.0. The van der Waals surface area contributed by atoms with Gasteiger partial charge in [0.1, 0.15) is 5.75 Å². The fraction of sp³-hybridized carbons (Fsp3) is 0.231. The van der Waals surface area contributed by atoms with Crippen molar-refractivity contribution in [1.29, 1.82) is 0 Å². The predicted octanol–water partition coefficient (Wildman–Crippen LogP) is 2.57. The Bertz CT molecular complexity index is 422. The third-order valence-electron chi connectivity index (χ3n) is 2.48. The molecule has 1 aromatic carbocycles. The number of benzene rings is 1. The number of phenolic OH excluding ortho intramolecular Hbond substituents is 1. The quantitative estimate of drug-likeness (QED) is 0.852. The van der Waals surface area contributed by atoms with E-state index < -0.39 is 0 Å². The second-order valence-electron chi connectivity index (χ2n) is 3.91. The van der Waals surface area contributed by atoms with Gasteiger partial charge in [0.25, 0.3) is 0 Å². The van der Waals surface area contributed by atoms with Crippen molar-refractivity contribution in [2.75, 3.05) is 0 Å². The van der Waals surface area contributed by atoms with Gasteiger partial charge in [0.05, 0.1) is 0 Å². The molecule has 3 heteroatoms. The van der Waals surface area contributed by atoms with Crippen LogP contribution < -0.4 is 5.73 Å². The third-order valence-corrected chi connectivity index (χ3v) is 3.38. The highest BCUT2D eigenvalue weighted by atomic mass is 32.1. The van der Waals surface area contributed by atoms with Gasteiger partial charge < -0.3 is 10.8 Å². The van der Waals surface area contributed by atoms with Gasteiger partial charge in [-0.15, -0.1) is 11.3 Å². The van der Waals surface area contributed by atoms with Crippen molar-refractivity contribution in [1.82, 2.24) is 0 Å². The smallest absolute Gasteiger partial charge is 0.115 e. The fourth-order valence-corrected chi connectivity index (χ4v) is 2.49. The molecule has 2 aromatic rings. The Kier molecular flexibility index (Phi) is 3.59. The minimum atomic E-state index is 0.142. The maximum absolute atomic E-state index is 9.17. The van der Waals surface area contributed by atoms with Crippen LogP contribution in [0.25, 0.3) is 0 Å². The second kappa shape index (κ2) is 5.14. The van der Waals surface area contributed by atoms with Crippen LogP contribution in [0.5, 0.6) is 5.75 Å². The number of rotatable bonds is 4. The predicted molar refractivity (Wildman–Crippen MR) is 67.8 cm³/mol. The molecule has 84 valence electrons. The summed E-state index contributed by atoms with van der Waals surface area (Å²) in [5.74, 6) is 0.301. The zero-order chi connectivity index (χ0) is 11.4. The van der Waals surface area contributed by atoms with Crippen LogP contribution in [-0.2, 0) is 12.8 Å². The van der Waals surface area contributed by atoms with Crippen molar-refractivity contribution in [3.63, 3.8) is 0 Å². The highest BCUT2D eigenvalue weighted by molar-refractivity contribution is 7.09. The molecule has 0 fully saturated rings. The summed E-state index contributed by atoms with van der Waals surface area (Å²) in [5.41, 5.74) is 7.25. The lowest BCUT2D eigenvalue weighted by molar-refractivity contribution is 0.475. The molecule has 0 aliphatic heterocycles. The number of hydrogen-bond acceptors (Lipinski definition) is 3. The molecule has 0 bridgehead atoms. The molecule has 0 spiro atoms. The van der Waals surface area contributed by atoms with Crippen molar-refractivity contribution >= 4 is 11.3 Å². The van der Waals surface area contributed by atoms with Crippen LogP contribution in [-0.4, -0.2) is 11.1 Å². The summed E-state index contributed by atoms with van der Waals surface area (Å²) in [6, 6.07) is 11.5. The van der Waals surface area contributed by atoms with Crippen LogP contribution in [0, 0.1) is 0 Å². The Morgan fingerprint density at radius 2 is 1.88 bits per heavy atom. The van der Waals surface area contributed by atoms with Gasteiger partial charge in [-0.1, -0.05) is 18.2 Å². The number of nitrogens with two attached hydrogens (primary N) is 1. The fourth-order valence-electron chi connectivity index (χ4n) is 1.69. The van der Waals surface area contributed by atoms with Gasteiger partial charge in [0, 0.05) is 10.9 Å². The van der Waals surface area contributed by atoms with Crippen LogP contribution >= 0.6 is 11.3 Å². The molecule has 0 amide bonds. The molecular weight excluding hydrogens is 218 g/mol. The third kappa shape index (κ3) is 3.08. The highest BCUT2D eigenvalue weighted by Crippen LogP contribution is 2.14. The van der Waals surface area contributed by atoms with Crippen LogP contribution in [0.4, 0.5) is 0 Å². The van der Waals surface area contributed by atoms with Gasteiger partial charge in [0.15, 0.2) is 0 Å². The molecule has 2 rings (SSSR count). The molecular formula is C13H15NOS. The largest absolute Gasteiger partial charge is 0.508 e. The first-order valence-corrected chi connectivity index (χ1v) is 6.18. The lowest BCUT2D eigenvalue weighted by Crippen LogP contribution is -2.24. The average Bonchev–Trinajstić information content (AvgIpc) is 2.74. The SMILES string of the molecule is NC(Cc1ccc(O)cc1)Cc1cccs1. The molecule has 2 nitrogen and oxygen atoms in total. The first kappa shape index (κ1) is 11.2. The van der Waals surface area contributed by atoms with Gasteiger partial charge in [-0.3, -0.25) is 0 Å². The van der Waals surface area contributed by atoms with Crippen molar-refractivity contribution in [2.24, 2.45) is 5.73 Å². The van der Waals surface area contributed by atoms with Crippen LogP contribution in [0.15, 0.2) is 41.8 Å². The molecule has 0 saturated heterocycles. The highest BCUT2D eigenvalue weighted by Gasteiger charge is 2.06.